The summed E-state index contributed by atoms with van der Waals surface area (Å²) in [7, 11) is -2.31. The summed E-state index contributed by atoms with van der Waals surface area (Å²) in [5, 5.41) is 0.494. The van der Waals surface area contributed by atoms with Crippen LogP contribution in [0.2, 0.25) is 5.02 Å². The fourth-order valence-corrected chi connectivity index (χ4v) is 4.62. The molecule has 5 nitrogen and oxygen atoms in total. The number of hydrogen-bond acceptors (Lipinski definition) is 4. The SMILES string of the molecule is COC(=O)C1CN(S(=O)(=O)c2ccc(Cl)cc2C)CC1C. The van der Waals surface area contributed by atoms with E-state index >= 15 is 0 Å². The van der Waals surface area contributed by atoms with Crippen molar-refractivity contribution in [2.75, 3.05) is 20.2 Å². The molecule has 0 saturated carbocycles. The van der Waals surface area contributed by atoms with Crippen LogP contribution < -0.4 is 0 Å². The maximum Gasteiger partial charge on any atom is 0.310 e. The van der Waals surface area contributed by atoms with Crippen molar-refractivity contribution in [3.63, 3.8) is 0 Å². The first-order valence-corrected chi connectivity index (χ1v) is 8.43. The molecular formula is C14H18ClNO4S. The van der Waals surface area contributed by atoms with Gasteiger partial charge in [-0.3, -0.25) is 4.79 Å². The largest absolute Gasteiger partial charge is 0.469 e. The van der Waals surface area contributed by atoms with E-state index in [9.17, 15) is 13.2 Å². The third-order valence-electron chi connectivity index (χ3n) is 3.84. The third-order valence-corrected chi connectivity index (χ3v) is 6.06. The number of rotatable bonds is 3. The normalized spacial score (nSPS) is 23.2. The summed E-state index contributed by atoms with van der Waals surface area (Å²) in [6.07, 6.45) is 0. The molecule has 1 saturated heterocycles. The molecule has 0 N–H and O–H groups in total. The molecule has 0 radical (unpaired) electrons. The fourth-order valence-electron chi connectivity index (χ4n) is 2.62. The Bertz CT molecular complexity index is 659. The topological polar surface area (TPSA) is 63.7 Å². The van der Waals surface area contributed by atoms with Crippen LogP contribution in [0.5, 0.6) is 0 Å². The summed E-state index contributed by atoms with van der Waals surface area (Å²) in [5.74, 6) is -0.856. The highest BCUT2D eigenvalue weighted by molar-refractivity contribution is 7.89. The lowest BCUT2D eigenvalue weighted by Crippen LogP contribution is -2.30. The van der Waals surface area contributed by atoms with Gasteiger partial charge in [0.15, 0.2) is 0 Å². The van der Waals surface area contributed by atoms with Crippen LogP contribution in [-0.4, -0.2) is 38.9 Å². The van der Waals surface area contributed by atoms with Crippen LogP contribution in [-0.2, 0) is 19.6 Å². The number of halogens is 1. The number of carbonyl (C=O) groups excluding carboxylic acids is 1. The molecular weight excluding hydrogens is 314 g/mol. The first-order valence-electron chi connectivity index (χ1n) is 6.61. The Kier molecular flexibility index (Phi) is 4.60. The smallest absolute Gasteiger partial charge is 0.310 e. The van der Waals surface area contributed by atoms with Crippen molar-refractivity contribution in [2.45, 2.75) is 18.7 Å². The Morgan fingerprint density at radius 1 is 1.38 bits per heavy atom. The first-order chi connectivity index (χ1) is 9.77. The van der Waals surface area contributed by atoms with E-state index in [4.69, 9.17) is 16.3 Å². The van der Waals surface area contributed by atoms with E-state index in [1.807, 2.05) is 6.92 Å². The van der Waals surface area contributed by atoms with Crippen LogP contribution in [0.1, 0.15) is 12.5 Å². The van der Waals surface area contributed by atoms with Crippen molar-refractivity contribution in [2.24, 2.45) is 11.8 Å². The van der Waals surface area contributed by atoms with Gasteiger partial charge >= 0.3 is 5.97 Å². The lowest BCUT2D eigenvalue weighted by atomic mass is 9.99. The van der Waals surface area contributed by atoms with Gasteiger partial charge in [-0.2, -0.15) is 4.31 Å². The number of hydrogen-bond donors (Lipinski definition) is 0. The fraction of sp³-hybridized carbons (Fsp3) is 0.500. The summed E-state index contributed by atoms with van der Waals surface area (Å²) >= 11 is 5.86. The molecule has 1 fully saturated rings. The molecule has 2 atom stereocenters. The van der Waals surface area contributed by atoms with E-state index in [0.29, 0.717) is 17.1 Å². The van der Waals surface area contributed by atoms with E-state index < -0.39 is 15.9 Å². The predicted molar refractivity (Wildman–Crippen MR) is 79.6 cm³/mol. The van der Waals surface area contributed by atoms with Crippen LogP contribution in [0.15, 0.2) is 23.1 Å². The maximum atomic E-state index is 12.7. The standard InChI is InChI=1S/C14H18ClNO4S/c1-9-6-11(15)4-5-13(9)21(18,19)16-7-10(2)12(8-16)14(17)20-3/h4-6,10,12H,7-8H2,1-3H3. The molecule has 1 aliphatic heterocycles. The Labute approximate surface area is 129 Å². The second-order valence-corrected chi connectivity index (χ2v) is 7.68. The van der Waals surface area contributed by atoms with Crippen LogP contribution in [0.3, 0.4) is 0 Å². The van der Waals surface area contributed by atoms with Crippen molar-refractivity contribution < 1.29 is 17.9 Å². The number of ether oxygens (including phenoxy) is 1. The highest BCUT2D eigenvalue weighted by Gasteiger charge is 2.41. The molecule has 1 aliphatic rings. The predicted octanol–water partition coefficient (Wildman–Crippen LogP) is 2.08. The molecule has 0 spiro atoms. The summed E-state index contributed by atoms with van der Waals surface area (Å²) in [5.41, 5.74) is 0.594. The molecule has 21 heavy (non-hydrogen) atoms. The second kappa shape index (κ2) is 5.94. The zero-order valence-corrected chi connectivity index (χ0v) is 13.7. The average molecular weight is 332 g/mol. The summed E-state index contributed by atoms with van der Waals surface area (Å²) in [4.78, 5) is 11.9. The monoisotopic (exact) mass is 331 g/mol. The molecule has 1 aromatic carbocycles. The minimum atomic E-state index is -3.63. The second-order valence-electron chi connectivity index (χ2n) is 5.34. The summed E-state index contributed by atoms with van der Waals surface area (Å²) in [6, 6.07) is 4.67. The molecule has 2 rings (SSSR count). The van der Waals surface area contributed by atoms with Crippen molar-refractivity contribution >= 4 is 27.6 Å². The zero-order valence-electron chi connectivity index (χ0n) is 12.2. The molecule has 1 heterocycles. The van der Waals surface area contributed by atoms with Crippen LogP contribution in [0.25, 0.3) is 0 Å². The summed E-state index contributed by atoms with van der Waals surface area (Å²) in [6.45, 7) is 4.02. The van der Waals surface area contributed by atoms with E-state index in [-0.39, 0.29) is 23.3 Å². The molecule has 1 aromatic rings. The Morgan fingerprint density at radius 2 is 2.05 bits per heavy atom. The minimum absolute atomic E-state index is 0.0696. The van der Waals surface area contributed by atoms with Crippen molar-refractivity contribution in [3.8, 4) is 0 Å². The number of aryl methyl sites for hydroxylation is 1. The average Bonchev–Trinajstić information content (AvgIpc) is 2.80. The number of esters is 1. The van der Waals surface area contributed by atoms with Crippen molar-refractivity contribution in [1.29, 1.82) is 0 Å². The molecule has 0 amide bonds. The van der Waals surface area contributed by atoms with Crippen LogP contribution in [0, 0.1) is 18.8 Å². The number of methoxy groups -OCH3 is 1. The number of carbonyl (C=O) groups is 1. The van der Waals surface area contributed by atoms with E-state index in [0.717, 1.165) is 0 Å². The van der Waals surface area contributed by atoms with Gasteiger partial charge in [0.25, 0.3) is 0 Å². The van der Waals surface area contributed by atoms with Gasteiger partial charge in [-0.1, -0.05) is 18.5 Å². The first kappa shape index (κ1) is 16.3. The molecule has 116 valence electrons. The number of nitrogens with zero attached hydrogens (tertiary/aromatic N) is 1. The highest BCUT2D eigenvalue weighted by Crippen LogP contribution is 2.31. The Hall–Kier alpha value is -1.11. The molecule has 0 aliphatic carbocycles. The van der Waals surface area contributed by atoms with Gasteiger partial charge in [-0.05, 0) is 36.6 Å². The Balaban J connectivity index is 2.31. The molecule has 2 unspecified atom stereocenters. The van der Waals surface area contributed by atoms with E-state index in [2.05, 4.69) is 0 Å². The van der Waals surface area contributed by atoms with Gasteiger partial charge in [0, 0.05) is 18.1 Å². The third kappa shape index (κ3) is 3.07. The van der Waals surface area contributed by atoms with Gasteiger partial charge in [0.2, 0.25) is 10.0 Å². The van der Waals surface area contributed by atoms with Crippen LogP contribution in [0.4, 0.5) is 0 Å². The van der Waals surface area contributed by atoms with E-state index in [1.54, 1.807) is 19.1 Å². The number of benzene rings is 1. The van der Waals surface area contributed by atoms with Crippen molar-refractivity contribution in [1.82, 2.24) is 4.31 Å². The molecule has 0 bridgehead atoms. The lowest BCUT2D eigenvalue weighted by molar-refractivity contribution is -0.145. The van der Waals surface area contributed by atoms with Gasteiger partial charge in [0.1, 0.15) is 0 Å². The van der Waals surface area contributed by atoms with Crippen molar-refractivity contribution in [3.05, 3.63) is 28.8 Å². The lowest BCUT2D eigenvalue weighted by Gasteiger charge is -2.17. The quantitative estimate of drug-likeness (QED) is 0.795. The van der Waals surface area contributed by atoms with Gasteiger partial charge in [-0.15, -0.1) is 0 Å². The Morgan fingerprint density at radius 3 is 2.62 bits per heavy atom. The molecule has 7 heteroatoms. The number of sulfonamides is 1. The van der Waals surface area contributed by atoms with Gasteiger partial charge < -0.3 is 4.74 Å². The molecule has 0 aromatic heterocycles. The van der Waals surface area contributed by atoms with Crippen LogP contribution >= 0.6 is 11.6 Å². The highest BCUT2D eigenvalue weighted by atomic mass is 35.5. The maximum absolute atomic E-state index is 12.7. The minimum Gasteiger partial charge on any atom is -0.469 e. The zero-order chi connectivity index (χ0) is 15.8. The van der Waals surface area contributed by atoms with Gasteiger partial charge in [-0.25, -0.2) is 8.42 Å². The van der Waals surface area contributed by atoms with E-state index in [1.165, 1.54) is 17.5 Å². The summed E-state index contributed by atoms with van der Waals surface area (Å²) < 4.78 is 31.5. The van der Waals surface area contributed by atoms with Gasteiger partial charge in [0.05, 0.1) is 17.9 Å².